The van der Waals surface area contributed by atoms with Gasteiger partial charge in [0.1, 0.15) is 0 Å². The zero-order valence-corrected chi connectivity index (χ0v) is 10.7. The van der Waals surface area contributed by atoms with E-state index in [0.717, 1.165) is 5.56 Å². The molecule has 0 spiro atoms. The minimum atomic E-state index is -0.211. The highest BCUT2D eigenvalue weighted by molar-refractivity contribution is 7.99. The van der Waals surface area contributed by atoms with Crippen molar-refractivity contribution in [1.82, 2.24) is 20.4 Å². The van der Waals surface area contributed by atoms with Gasteiger partial charge in [-0.15, -0.1) is 0 Å². The van der Waals surface area contributed by atoms with Gasteiger partial charge in [-0.1, -0.05) is 17.8 Å². The lowest BCUT2D eigenvalue weighted by Gasteiger charge is -1.98. The quantitative estimate of drug-likeness (QED) is 0.382. The molecule has 6 nitrogen and oxygen atoms in total. The number of nitrogens with one attached hydrogen (secondary N) is 1. The monoisotopic (exact) mass is 273 g/mol. The fraction of sp³-hybridized carbons (Fsp3) is 0.0833. The summed E-state index contributed by atoms with van der Waals surface area (Å²) in [5, 5.41) is 4.40. The largest absolute Gasteiger partial charge is 0.272 e. The van der Waals surface area contributed by atoms with E-state index >= 15 is 0 Å². The molecule has 0 fully saturated rings. The number of carbonyl (C=O) groups excluding carboxylic acids is 1. The topological polar surface area (TPSA) is 80.1 Å². The van der Waals surface area contributed by atoms with Crippen molar-refractivity contribution >= 4 is 23.9 Å². The third kappa shape index (κ3) is 4.84. The van der Waals surface area contributed by atoms with Gasteiger partial charge < -0.3 is 0 Å². The molecule has 0 aromatic carbocycles. The third-order valence-corrected chi connectivity index (χ3v) is 2.84. The predicted molar refractivity (Wildman–Crippen MR) is 72.7 cm³/mol. The van der Waals surface area contributed by atoms with Gasteiger partial charge >= 0.3 is 0 Å². The second-order valence-corrected chi connectivity index (χ2v) is 4.34. The minimum Gasteiger partial charge on any atom is -0.272 e. The van der Waals surface area contributed by atoms with E-state index < -0.39 is 0 Å². The van der Waals surface area contributed by atoms with Crippen molar-refractivity contribution in [3.8, 4) is 0 Å². The van der Waals surface area contributed by atoms with Crippen molar-refractivity contribution in [3.05, 3.63) is 48.5 Å². The minimum absolute atomic E-state index is 0.211. The number of carbonyl (C=O) groups is 1. The highest BCUT2D eigenvalue weighted by Crippen LogP contribution is 2.09. The van der Waals surface area contributed by atoms with Crippen LogP contribution in [0.5, 0.6) is 0 Å². The van der Waals surface area contributed by atoms with Gasteiger partial charge in [0.2, 0.25) is 0 Å². The van der Waals surface area contributed by atoms with Crippen LogP contribution in [-0.2, 0) is 4.79 Å². The van der Waals surface area contributed by atoms with Crippen molar-refractivity contribution in [3.63, 3.8) is 0 Å². The van der Waals surface area contributed by atoms with Crippen LogP contribution < -0.4 is 5.43 Å². The first-order valence-electron chi connectivity index (χ1n) is 5.46. The molecular weight excluding hydrogens is 262 g/mol. The number of aromatic nitrogens is 3. The van der Waals surface area contributed by atoms with E-state index in [1.54, 1.807) is 36.9 Å². The van der Waals surface area contributed by atoms with E-state index in [-0.39, 0.29) is 11.7 Å². The fourth-order valence-corrected chi connectivity index (χ4v) is 1.75. The van der Waals surface area contributed by atoms with Crippen molar-refractivity contribution in [2.24, 2.45) is 5.10 Å². The molecule has 2 heterocycles. The molecule has 2 aromatic heterocycles. The second kappa shape index (κ2) is 7.22. The van der Waals surface area contributed by atoms with Gasteiger partial charge in [-0.05, 0) is 12.1 Å². The summed E-state index contributed by atoms with van der Waals surface area (Å²) >= 11 is 1.25. The summed E-state index contributed by atoms with van der Waals surface area (Å²) in [5.41, 5.74) is 3.25. The lowest BCUT2D eigenvalue weighted by Crippen LogP contribution is -2.19. The Kier molecular flexibility index (Phi) is 5.00. The van der Waals surface area contributed by atoms with Crippen LogP contribution in [0.2, 0.25) is 0 Å². The van der Waals surface area contributed by atoms with Crippen LogP contribution in [0.15, 0.2) is 53.2 Å². The van der Waals surface area contributed by atoms with E-state index in [1.165, 1.54) is 18.0 Å². The Morgan fingerprint density at radius 3 is 2.89 bits per heavy atom. The Morgan fingerprint density at radius 1 is 1.32 bits per heavy atom. The van der Waals surface area contributed by atoms with Gasteiger partial charge in [0, 0.05) is 30.4 Å². The van der Waals surface area contributed by atoms with Crippen LogP contribution in [0.25, 0.3) is 0 Å². The zero-order valence-electron chi connectivity index (χ0n) is 9.93. The van der Waals surface area contributed by atoms with Crippen LogP contribution >= 0.6 is 11.8 Å². The summed E-state index contributed by atoms with van der Waals surface area (Å²) in [5.74, 6) is 0.00610. The zero-order chi connectivity index (χ0) is 13.3. The number of nitrogens with zero attached hydrogens (tertiary/aromatic N) is 4. The standard InChI is InChI=1S/C12H11N5OS/c18-11(9-19-12-14-5-2-6-15-12)17-16-8-10-3-1-4-13-7-10/h1-8H,9H2,(H,17,18)/b16-8-. The number of amides is 1. The molecule has 0 aliphatic rings. The first-order chi connectivity index (χ1) is 9.34. The van der Waals surface area contributed by atoms with Gasteiger partial charge in [-0.3, -0.25) is 9.78 Å². The maximum Gasteiger partial charge on any atom is 0.250 e. The molecular formula is C12H11N5OS. The summed E-state index contributed by atoms with van der Waals surface area (Å²) in [6, 6.07) is 5.36. The first-order valence-corrected chi connectivity index (χ1v) is 6.45. The molecule has 1 amide bonds. The van der Waals surface area contributed by atoms with Crippen molar-refractivity contribution < 1.29 is 4.79 Å². The first kappa shape index (κ1) is 13.2. The Labute approximate surface area is 114 Å². The number of hydrazone groups is 1. The van der Waals surface area contributed by atoms with Crippen LogP contribution in [0.4, 0.5) is 0 Å². The average molecular weight is 273 g/mol. The van der Waals surface area contributed by atoms with E-state index in [9.17, 15) is 4.79 Å². The highest BCUT2D eigenvalue weighted by Gasteiger charge is 2.02. The molecule has 0 bridgehead atoms. The molecule has 19 heavy (non-hydrogen) atoms. The summed E-state index contributed by atoms with van der Waals surface area (Å²) in [4.78, 5) is 23.4. The molecule has 2 rings (SSSR count). The van der Waals surface area contributed by atoms with Crippen LogP contribution in [-0.4, -0.2) is 32.8 Å². The number of hydrogen-bond acceptors (Lipinski definition) is 6. The van der Waals surface area contributed by atoms with E-state index in [4.69, 9.17) is 0 Å². The number of rotatable bonds is 5. The molecule has 2 aromatic rings. The maximum atomic E-state index is 11.5. The van der Waals surface area contributed by atoms with E-state index in [1.807, 2.05) is 6.07 Å². The molecule has 7 heteroatoms. The maximum absolute atomic E-state index is 11.5. The second-order valence-electron chi connectivity index (χ2n) is 3.40. The third-order valence-electron chi connectivity index (χ3n) is 1.96. The van der Waals surface area contributed by atoms with Crippen LogP contribution in [0.3, 0.4) is 0 Å². The van der Waals surface area contributed by atoms with E-state index in [0.29, 0.717) is 5.16 Å². The van der Waals surface area contributed by atoms with Crippen LogP contribution in [0, 0.1) is 0 Å². The van der Waals surface area contributed by atoms with Crippen molar-refractivity contribution in [2.45, 2.75) is 5.16 Å². The summed E-state index contributed by atoms with van der Waals surface area (Å²) in [6.07, 6.45) is 8.13. The lowest BCUT2D eigenvalue weighted by atomic mass is 10.3. The molecule has 0 radical (unpaired) electrons. The Morgan fingerprint density at radius 2 is 2.16 bits per heavy atom. The summed E-state index contributed by atoms with van der Waals surface area (Å²) in [7, 11) is 0. The SMILES string of the molecule is O=C(CSc1ncccn1)N/N=C\c1cccnc1. The Hall–Kier alpha value is -2.28. The van der Waals surface area contributed by atoms with Crippen molar-refractivity contribution in [2.75, 3.05) is 5.75 Å². The van der Waals surface area contributed by atoms with Gasteiger partial charge in [0.25, 0.3) is 5.91 Å². The molecule has 0 aliphatic carbocycles. The predicted octanol–water partition coefficient (Wildman–Crippen LogP) is 1.11. The van der Waals surface area contributed by atoms with Gasteiger partial charge in [-0.25, -0.2) is 15.4 Å². The highest BCUT2D eigenvalue weighted by atomic mass is 32.2. The lowest BCUT2D eigenvalue weighted by molar-refractivity contribution is -0.118. The van der Waals surface area contributed by atoms with Gasteiger partial charge in [-0.2, -0.15) is 5.10 Å². The molecule has 0 aliphatic heterocycles. The number of thioether (sulfide) groups is 1. The summed E-state index contributed by atoms with van der Waals surface area (Å²) in [6.45, 7) is 0. The molecule has 1 N–H and O–H groups in total. The van der Waals surface area contributed by atoms with Gasteiger partial charge in [0.15, 0.2) is 5.16 Å². The normalized spacial score (nSPS) is 10.5. The number of pyridine rings is 1. The summed E-state index contributed by atoms with van der Waals surface area (Å²) < 4.78 is 0. The average Bonchev–Trinajstić information content (AvgIpc) is 2.47. The van der Waals surface area contributed by atoms with Crippen molar-refractivity contribution in [1.29, 1.82) is 0 Å². The Bertz CT molecular complexity index is 547. The molecule has 0 unspecified atom stereocenters. The molecule has 96 valence electrons. The molecule has 0 saturated heterocycles. The fourth-order valence-electron chi connectivity index (χ4n) is 1.15. The molecule has 0 atom stereocenters. The number of hydrogen-bond donors (Lipinski definition) is 1. The molecule has 0 saturated carbocycles. The van der Waals surface area contributed by atoms with E-state index in [2.05, 4.69) is 25.5 Å². The van der Waals surface area contributed by atoms with Gasteiger partial charge in [0.05, 0.1) is 12.0 Å². The Balaban J connectivity index is 1.75. The smallest absolute Gasteiger partial charge is 0.250 e. The van der Waals surface area contributed by atoms with Crippen LogP contribution in [0.1, 0.15) is 5.56 Å².